The van der Waals surface area contributed by atoms with E-state index in [1.54, 1.807) is 0 Å². The quantitative estimate of drug-likeness (QED) is 0.590. The van der Waals surface area contributed by atoms with Gasteiger partial charge in [0.1, 0.15) is 0 Å². The number of unbranched alkanes of at least 4 members (excludes halogenated alkanes) is 1. The Hall–Kier alpha value is -1.83. The molecule has 0 atom stereocenters. The molecule has 0 fully saturated rings. The average Bonchev–Trinajstić information content (AvgIpc) is 2.39. The largest absolute Gasteiger partial charge is 0.465 e. The van der Waals surface area contributed by atoms with Crippen molar-refractivity contribution >= 4 is 16.7 Å². The van der Waals surface area contributed by atoms with Crippen LogP contribution in [0.15, 0.2) is 42.5 Å². The molecule has 94 valence electrons. The lowest BCUT2D eigenvalue weighted by atomic mass is 10.1. The first-order valence-electron chi connectivity index (χ1n) is 6.43. The van der Waals surface area contributed by atoms with Crippen molar-refractivity contribution in [3.63, 3.8) is 0 Å². The third-order valence-electron chi connectivity index (χ3n) is 2.92. The lowest BCUT2D eigenvalue weighted by Crippen LogP contribution is -2.08. The van der Waals surface area contributed by atoms with E-state index in [2.05, 4.69) is 25.1 Å². The molecule has 0 spiro atoms. The average molecular weight is 242 g/mol. The van der Waals surface area contributed by atoms with E-state index in [4.69, 9.17) is 4.74 Å². The fraction of sp³-hybridized carbons (Fsp3) is 0.312. The maximum absolute atomic E-state index is 11.6. The summed E-state index contributed by atoms with van der Waals surface area (Å²) < 4.78 is 5.16. The van der Waals surface area contributed by atoms with Gasteiger partial charge in [-0.3, -0.25) is 4.79 Å². The molecule has 0 aliphatic heterocycles. The van der Waals surface area contributed by atoms with E-state index in [1.807, 2.05) is 24.3 Å². The first-order valence-corrected chi connectivity index (χ1v) is 6.43. The lowest BCUT2D eigenvalue weighted by Gasteiger charge is -2.05. The Morgan fingerprint density at radius 2 is 1.89 bits per heavy atom. The van der Waals surface area contributed by atoms with Gasteiger partial charge >= 0.3 is 5.97 Å². The Balaban J connectivity index is 2.01. The van der Waals surface area contributed by atoms with Gasteiger partial charge in [-0.1, -0.05) is 55.8 Å². The van der Waals surface area contributed by atoms with E-state index in [0.717, 1.165) is 23.8 Å². The molecule has 2 aromatic rings. The van der Waals surface area contributed by atoms with Gasteiger partial charge < -0.3 is 4.74 Å². The molecular weight excluding hydrogens is 224 g/mol. The molecule has 0 bridgehead atoms. The maximum Gasteiger partial charge on any atom is 0.310 e. The molecule has 2 heteroatoms. The summed E-state index contributed by atoms with van der Waals surface area (Å²) in [4.78, 5) is 11.6. The standard InChI is InChI=1S/C16H18O2/c1-2-3-10-18-16(17)12-13-8-9-14-6-4-5-7-15(14)11-13/h4-9,11H,2-3,10,12H2,1H3. The topological polar surface area (TPSA) is 26.3 Å². The molecule has 0 amide bonds. The molecule has 0 aromatic heterocycles. The van der Waals surface area contributed by atoms with E-state index in [9.17, 15) is 4.79 Å². The first-order chi connectivity index (χ1) is 8.79. The predicted octanol–water partition coefficient (Wildman–Crippen LogP) is 3.73. The molecule has 0 unspecified atom stereocenters. The van der Waals surface area contributed by atoms with Crippen molar-refractivity contribution < 1.29 is 9.53 Å². The molecule has 18 heavy (non-hydrogen) atoms. The molecule has 0 saturated heterocycles. The third kappa shape index (κ3) is 3.33. The summed E-state index contributed by atoms with van der Waals surface area (Å²) in [5, 5.41) is 2.36. The number of esters is 1. The highest BCUT2D eigenvalue weighted by Crippen LogP contribution is 2.16. The monoisotopic (exact) mass is 242 g/mol. The number of carbonyl (C=O) groups excluding carboxylic acids is 1. The minimum absolute atomic E-state index is 0.140. The van der Waals surface area contributed by atoms with Crippen molar-refractivity contribution in [2.75, 3.05) is 6.61 Å². The van der Waals surface area contributed by atoms with Crippen LogP contribution >= 0.6 is 0 Å². The van der Waals surface area contributed by atoms with Gasteiger partial charge in [-0.2, -0.15) is 0 Å². The first kappa shape index (κ1) is 12.6. The SMILES string of the molecule is CCCCOC(=O)Cc1ccc2ccccc2c1. The molecule has 0 radical (unpaired) electrons. The molecule has 0 aliphatic carbocycles. The zero-order valence-corrected chi connectivity index (χ0v) is 10.7. The van der Waals surface area contributed by atoms with Crippen LogP contribution in [0.2, 0.25) is 0 Å². The molecular formula is C16H18O2. The highest BCUT2D eigenvalue weighted by atomic mass is 16.5. The zero-order chi connectivity index (χ0) is 12.8. The van der Waals surface area contributed by atoms with Crippen LogP contribution in [0.25, 0.3) is 10.8 Å². The Morgan fingerprint density at radius 3 is 2.67 bits per heavy atom. The smallest absolute Gasteiger partial charge is 0.310 e. The number of hydrogen-bond acceptors (Lipinski definition) is 2. The van der Waals surface area contributed by atoms with Crippen LogP contribution < -0.4 is 0 Å². The highest BCUT2D eigenvalue weighted by molar-refractivity contribution is 5.84. The summed E-state index contributed by atoms with van der Waals surface area (Å²) in [6.45, 7) is 2.61. The van der Waals surface area contributed by atoms with Crippen molar-refractivity contribution in [1.29, 1.82) is 0 Å². The van der Waals surface area contributed by atoms with Gasteiger partial charge in [0.25, 0.3) is 0 Å². The van der Waals surface area contributed by atoms with Crippen LogP contribution in [0.1, 0.15) is 25.3 Å². The van der Waals surface area contributed by atoms with Crippen LogP contribution in [-0.2, 0) is 16.0 Å². The maximum atomic E-state index is 11.6. The second-order valence-electron chi connectivity index (χ2n) is 4.43. The molecule has 0 aliphatic rings. The predicted molar refractivity (Wildman–Crippen MR) is 73.5 cm³/mol. The van der Waals surface area contributed by atoms with E-state index in [-0.39, 0.29) is 5.97 Å². The normalized spacial score (nSPS) is 10.5. The number of rotatable bonds is 5. The van der Waals surface area contributed by atoms with E-state index in [1.165, 1.54) is 5.39 Å². The number of fused-ring (bicyclic) bond motifs is 1. The van der Waals surface area contributed by atoms with Gasteiger partial charge in [0.2, 0.25) is 0 Å². The molecule has 2 nitrogen and oxygen atoms in total. The lowest BCUT2D eigenvalue weighted by molar-refractivity contribution is -0.142. The minimum Gasteiger partial charge on any atom is -0.465 e. The Kier molecular flexibility index (Phi) is 4.35. The molecule has 2 aromatic carbocycles. The number of carbonyl (C=O) groups is 1. The van der Waals surface area contributed by atoms with Crippen molar-refractivity contribution in [1.82, 2.24) is 0 Å². The molecule has 0 saturated carbocycles. The van der Waals surface area contributed by atoms with Gasteiger partial charge in [0, 0.05) is 0 Å². The summed E-state index contributed by atoms with van der Waals surface area (Å²) >= 11 is 0. The number of ether oxygens (including phenoxy) is 1. The second-order valence-corrected chi connectivity index (χ2v) is 4.43. The van der Waals surface area contributed by atoms with Gasteiger partial charge in [0.15, 0.2) is 0 Å². The minimum atomic E-state index is -0.140. The van der Waals surface area contributed by atoms with E-state index >= 15 is 0 Å². The number of hydrogen-bond donors (Lipinski definition) is 0. The van der Waals surface area contributed by atoms with Crippen LogP contribution in [0.3, 0.4) is 0 Å². The second kappa shape index (κ2) is 6.20. The summed E-state index contributed by atoms with van der Waals surface area (Å²) in [5.74, 6) is -0.140. The van der Waals surface area contributed by atoms with Crippen LogP contribution in [0, 0.1) is 0 Å². The fourth-order valence-electron chi connectivity index (χ4n) is 1.90. The van der Waals surface area contributed by atoms with Crippen LogP contribution in [-0.4, -0.2) is 12.6 Å². The molecule has 0 N–H and O–H groups in total. The van der Waals surface area contributed by atoms with Crippen molar-refractivity contribution in [3.05, 3.63) is 48.0 Å². The molecule has 0 heterocycles. The van der Waals surface area contributed by atoms with Gasteiger partial charge in [-0.05, 0) is 22.8 Å². The summed E-state index contributed by atoms with van der Waals surface area (Å²) in [6.07, 6.45) is 2.33. The Bertz CT molecular complexity index is 531. The summed E-state index contributed by atoms with van der Waals surface area (Å²) in [6, 6.07) is 14.2. The summed E-state index contributed by atoms with van der Waals surface area (Å²) in [5.41, 5.74) is 1.01. The van der Waals surface area contributed by atoms with Crippen molar-refractivity contribution in [2.45, 2.75) is 26.2 Å². The Labute approximate surface area is 108 Å². The van der Waals surface area contributed by atoms with E-state index in [0.29, 0.717) is 13.0 Å². The molecule has 2 rings (SSSR count). The van der Waals surface area contributed by atoms with Gasteiger partial charge in [-0.25, -0.2) is 0 Å². The van der Waals surface area contributed by atoms with Crippen LogP contribution in [0.4, 0.5) is 0 Å². The van der Waals surface area contributed by atoms with Crippen molar-refractivity contribution in [3.8, 4) is 0 Å². The van der Waals surface area contributed by atoms with Gasteiger partial charge in [0.05, 0.1) is 13.0 Å². The van der Waals surface area contributed by atoms with Gasteiger partial charge in [-0.15, -0.1) is 0 Å². The number of benzene rings is 2. The highest BCUT2D eigenvalue weighted by Gasteiger charge is 2.05. The summed E-state index contributed by atoms with van der Waals surface area (Å²) in [7, 11) is 0. The Morgan fingerprint density at radius 1 is 1.11 bits per heavy atom. The third-order valence-corrected chi connectivity index (χ3v) is 2.92. The van der Waals surface area contributed by atoms with Crippen LogP contribution in [0.5, 0.6) is 0 Å². The fourth-order valence-corrected chi connectivity index (χ4v) is 1.90. The zero-order valence-electron chi connectivity index (χ0n) is 10.7. The van der Waals surface area contributed by atoms with Crippen molar-refractivity contribution in [2.24, 2.45) is 0 Å². The van der Waals surface area contributed by atoms with E-state index < -0.39 is 0 Å².